The van der Waals surface area contributed by atoms with Crippen molar-refractivity contribution < 1.29 is 0 Å². The van der Waals surface area contributed by atoms with Gasteiger partial charge >= 0.3 is 0 Å². The molecule has 1 aromatic carbocycles. The van der Waals surface area contributed by atoms with Crippen molar-refractivity contribution in [1.29, 1.82) is 0 Å². The Balaban J connectivity index is 1.84. The summed E-state index contributed by atoms with van der Waals surface area (Å²) in [7, 11) is 0. The number of halogens is 2. The van der Waals surface area contributed by atoms with Crippen molar-refractivity contribution in [2.75, 3.05) is 5.32 Å². The molecule has 0 aliphatic carbocycles. The number of aryl methyl sites for hydroxylation is 1. The number of anilines is 1. The van der Waals surface area contributed by atoms with Crippen molar-refractivity contribution in [1.82, 2.24) is 0 Å². The maximum absolute atomic E-state index is 6.04. The first kappa shape index (κ1) is 15.9. The van der Waals surface area contributed by atoms with Crippen molar-refractivity contribution in [3.05, 3.63) is 49.6 Å². The second-order valence-corrected chi connectivity index (χ2v) is 7.44. The number of nitrogens with one attached hydrogen (secondary N) is 1. The molecule has 0 unspecified atom stereocenters. The maximum atomic E-state index is 6.04. The number of unbranched alkanes of at least 4 members (excludes halogenated alkanes) is 2. The van der Waals surface area contributed by atoms with Gasteiger partial charge in [0.05, 0.1) is 0 Å². The Morgan fingerprint density at radius 1 is 1.20 bits per heavy atom. The molecular formula is C16H19BrClNS. The molecule has 0 saturated carbocycles. The topological polar surface area (TPSA) is 12.0 Å². The second kappa shape index (κ2) is 8.06. The van der Waals surface area contributed by atoms with Gasteiger partial charge < -0.3 is 5.32 Å². The zero-order chi connectivity index (χ0) is 14.4. The predicted octanol–water partition coefficient (Wildman–Crippen LogP) is 6.51. The van der Waals surface area contributed by atoms with Gasteiger partial charge in [0.1, 0.15) is 4.34 Å². The minimum atomic E-state index is 0.811. The van der Waals surface area contributed by atoms with Gasteiger partial charge in [0.25, 0.3) is 0 Å². The van der Waals surface area contributed by atoms with Gasteiger partial charge in [-0.1, -0.05) is 43.5 Å². The van der Waals surface area contributed by atoms with Crippen molar-refractivity contribution in [2.45, 2.75) is 39.2 Å². The summed E-state index contributed by atoms with van der Waals surface area (Å²) in [5.41, 5.74) is 2.58. The van der Waals surface area contributed by atoms with Crippen LogP contribution in [0.3, 0.4) is 0 Å². The molecular weight excluding hydrogens is 354 g/mol. The van der Waals surface area contributed by atoms with Crippen LogP contribution >= 0.6 is 38.9 Å². The molecule has 0 amide bonds. The standard InChI is InChI=1S/C16H19BrClNS/c1-2-3-4-5-12-6-8-13(9-7-12)19-11-14-10-15(17)16(18)20-14/h6-10,19H,2-5,11H2,1H3. The lowest BCUT2D eigenvalue weighted by molar-refractivity contribution is 0.717. The molecule has 0 bridgehead atoms. The lowest BCUT2D eigenvalue weighted by Gasteiger charge is -2.06. The van der Waals surface area contributed by atoms with Crippen LogP contribution in [0.15, 0.2) is 34.8 Å². The minimum Gasteiger partial charge on any atom is -0.380 e. The Labute approximate surface area is 138 Å². The van der Waals surface area contributed by atoms with Crippen LogP contribution in [0.1, 0.15) is 36.6 Å². The summed E-state index contributed by atoms with van der Waals surface area (Å²) in [6.45, 7) is 3.05. The summed E-state index contributed by atoms with van der Waals surface area (Å²) in [6, 6.07) is 10.8. The molecule has 0 atom stereocenters. The molecule has 20 heavy (non-hydrogen) atoms. The molecule has 0 radical (unpaired) electrons. The van der Waals surface area contributed by atoms with Crippen LogP contribution in [0, 0.1) is 0 Å². The van der Waals surface area contributed by atoms with E-state index >= 15 is 0 Å². The van der Waals surface area contributed by atoms with Gasteiger partial charge in [-0.05, 0) is 52.5 Å². The fraction of sp³-hybridized carbons (Fsp3) is 0.375. The summed E-state index contributed by atoms with van der Waals surface area (Å²) in [6.07, 6.45) is 5.05. The monoisotopic (exact) mass is 371 g/mol. The van der Waals surface area contributed by atoms with Gasteiger partial charge in [0, 0.05) is 21.6 Å². The summed E-state index contributed by atoms with van der Waals surface area (Å²) < 4.78 is 1.79. The van der Waals surface area contributed by atoms with E-state index in [2.05, 4.69) is 58.5 Å². The van der Waals surface area contributed by atoms with E-state index in [1.807, 2.05) is 0 Å². The number of rotatable bonds is 7. The zero-order valence-corrected chi connectivity index (χ0v) is 14.7. The highest BCUT2D eigenvalue weighted by atomic mass is 79.9. The lowest BCUT2D eigenvalue weighted by atomic mass is 10.1. The molecule has 0 aliphatic rings. The molecule has 2 aromatic rings. The minimum absolute atomic E-state index is 0.811. The molecule has 4 heteroatoms. The molecule has 1 heterocycles. The van der Waals surface area contributed by atoms with Gasteiger partial charge in [-0.15, -0.1) is 11.3 Å². The average Bonchev–Trinajstić information content (AvgIpc) is 2.77. The molecule has 108 valence electrons. The molecule has 0 aliphatic heterocycles. The van der Waals surface area contributed by atoms with Crippen LogP contribution in [-0.4, -0.2) is 0 Å². The van der Waals surface area contributed by atoms with Crippen LogP contribution in [-0.2, 0) is 13.0 Å². The Morgan fingerprint density at radius 3 is 2.55 bits per heavy atom. The predicted molar refractivity (Wildman–Crippen MR) is 94.0 cm³/mol. The number of hydrogen-bond acceptors (Lipinski definition) is 2. The van der Waals surface area contributed by atoms with Crippen LogP contribution in [0.4, 0.5) is 5.69 Å². The molecule has 2 rings (SSSR count). The van der Waals surface area contributed by atoms with E-state index in [1.165, 1.54) is 36.1 Å². The first-order valence-electron chi connectivity index (χ1n) is 6.95. The number of benzene rings is 1. The summed E-state index contributed by atoms with van der Waals surface area (Å²) in [4.78, 5) is 1.23. The molecule has 0 spiro atoms. The van der Waals surface area contributed by atoms with Gasteiger partial charge in [-0.25, -0.2) is 0 Å². The van der Waals surface area contributed by atoms with Gasteiger partial charge in [0.2, 0.25) is 0 Å². The van der Waals surface area contributed by atoms with Crippen LogP contribution in [0.25, 0.3) is 0 Å². The third-order valence-electron chi connectivity index (χ3n) is 3.19. The van der Waals surface area contributed by atoms with Gasteiger partial charge in [0.15, 0.2) is 0 Å². The molecule has 1 nitrogen and oxygen atoms in total. The van der Waals surface area contributed by atoms with Crippen molar-refractivity contribution in [3.63, 3.8) is 0 Å². The lowest BCUT2D eigenvalue weighted by Crippen LogP contribution is -1.97. The molecule has 1 N–H and O–H groups in total. The summed E-state index contributed by atoms with van der Waals surface area (Å²) in [5.74, 6) is 0. The Morgan fingerprint density at radius 2 is 1.95 bits per heavy atom. The van der Waals surface area contributed by atoms with Crippen LogP contribution in [0.2, 0.25) is 4.34 Å². The Kier molecular flexibility index (Phi) is 6.40. The van der Waals surface area contributed by atoms with E-state index in [0.717, 1.165) is 21.0 Å². The first-order chi connectivity index (χ1) is 9.69. The number of hydrogen-bond donors (Lipinski definition) is 1. The first-order valence-corrected chi connectivity index (χ1v) is 8.94. The maximum Gasteiger partial charge on any atom is 0.107 e. The van der Waals surface area contributed by atoms with E-state index < -0.39 is 0 Å². The van der Waals surface area contributed by atoms with E-state index in [9.17, 15) is 0 Å². The smallest absolute Gasteiger partial charge is 0.107 e. The van der Waals surface area contributed by atoms with Crippen molar-refractivity contribution in [2.24, 2.45) is 0 Å². The fourth-order valence-electron chi connectivity index (χ4n) is 2.04. The normalized spacial score (nSPS) is 10.8. The van der Waals surface area contributed by atoms with Gasteiger partial charge in [-0.3, -0.25) is 0 Å². The Hall–Kier alpha value is -0.510. The molecule has 0 fully saturated rings. The van der Waals surface area contributed by atoms with Crippen molar-refractivity contribution in [3.8, 4) is 0 Å². The summed E-state index contributed by atoms with van der Waals surface area (Å²) in [5, 5.41) is 3.43. The highest BCUT2D eigenvalue weighted by Gasteiger charge is 2.04. The molecule has 0 saturated heterocycles. The number of thiophene rings is 1. The van der Waals surface area contributed by atoms with Crippen LogP contribution < -0.4 is 5.32 Å². The highest BCUT2D eigenvalue weighted by molar-refractivity contribution is 9.10. The largest absolute Gasteiger partial charge is 0.380 e. The quantitative estimate of drug-likeness (QED) is 0.546. The van der Waals surface area contributed by atoms with E-state index in [-0.39, 0.29) is 0 Å². The average molecular weight is 373 g/mol. The zero-order valence-electron chi connectivity index (χ0n) is 11.6. The van der Waals surface area contributed by atoms with E-state index in [4.69, 9.17) is 11.6 Å². The third kappa shape index (κ3) is 4.80. The fourth-order valence-corrected chi connectivity index (χ4v) is 3.77. The highest BCUT2D eigenvalue weighted by Crippen LogP contribution is 2.32. The van der Waals surface area contributed by atoms with Crippen molar-refractivity contribution >= 4 is 44.6 Å². The second-order valence-electron chi connectivity index (χ2n) is 4.84. The van der Waals surface area contributed by atoms with Crippen LogP contribution in [0.5, 0.6) is 0 Å². The van der Waals surface area contributed by atoms with E-state index in [0.29, 0.717) is 0 Å². The third-order valence-corrected chi connectivity index (χ3v) is 5.66. The van der Waals surface area contributed by atoms with E-state index in [1.54, 1.807) is 11.3 Å². The Bertz CT molecular complexity index is 516. The summed E-state index contributed by atoms with van der Waals surface area (Å²) >= 11 is 11.1. The molecule has 1 aromatic heterocycles. The van der Waals surface area contributed by atoms with Gasteiger partial charge in [-0.2, -0.15) is 0 Å². The SMILES string of the molecule is CCCCCc1ccc(NCc2cc(Br)c(Cl)s2)cc1.